The second-order valence-electron chi connectivity index (χ2n) is 7.34. The molecule has 28 heavy (non-hydrogen) atoms. The quantitative estimate of drug-likeness (QED) is 0.655. The molecule has 152 valence electrons. The van der Waals surface area contributed by atoms with Gasteiger partial charge in [0, 0.05) is 32.5 Å². The predicted molar refractivity (Wildman–Crippen MR) is 114 cm³/mol. The van der Waals surface area contributed by atoms with Crippen LogP contribution in [0.2, 0.25) is 0 Å². The highest BCUT2D eigenvalue weighted by Gasteiger charge is 2.22. The number of carbonyl (C=O) groups excluding carboxylic acids is 1. The van der Waals surface area contributed by atoms with Crippen molar-refractivity contribution in [2.45, 2.75) is 45.2 Å². The second-order valence-corrected chi connectivity index (χ2v) is 8.32. The molecule has 0 radical (unpaired) electrons. The van der Waals surface area contributed by atoms with E-state index in [4.69, 9.17) is 0 Å². The van der Waals surface area contributed by atoms with Crippen LogP contribution in [0.3, 0.4) is 0 Å². The molecule has 0 aliphatic carbocycles. The molecule has 3 rings (SSSR count). The number of rotatable bonds is 9. The van der Waals surface area contributed by atoms with Gasteiger partial charge < -0.3 is 14.8 Å². The van der Waals surface area contributed by atoms with E-state index >= 15 is 0 Å². The Morgan fingerprint density at radius 2 is 2.04 bits per heavy atom. The normalized spacial score (nSPS) is 15.6. The molecule has 1 aromatic heterocycles. The largest absolute Gasteiger partial charge is 0.346 e. The Labute approximate surface area is 172 Å². The van der Waals surface area contributed by atoms with Gasteiger partial charge in [-0.2, -0.15) is 11.8 Å². The van der Waals surface area contributed by atoms with E-state index in [1.807, 2.05) is 36.9 Å². The predicted octanol–water partition coefficient (Wildman–Crippen LogP) is 2.70. The molecular weight excluding hydrogens is 370 g/mol. The van der Waals surface area contributed by atoms with Crippen molar-refractivity contribution in [1.82, 2.24) is 25.0 Å². The second kappa shape index (κ2) is 10.6. The number of carbonyl (C=O) groups is 1. The van der Waals surface area contributed by atoms with Crippen LogP contribution >= 0.6 is 11.8 Å². The smallest absolute Gasteiger partial charge is 0.220 e. The van der Waals surface area contributed by atoms with E-state index in [0.717, 1.165) is 50.7 Å². The zero-order valence-corrected chi connectivity index (χ0v) is 17.7. The number of benzene rings is 1. The van der Waals surface area contributed by atoms with Gasteiger partial charge in [-0.1, -0.05) is 30.3 Å². The zero-order chi connectivity index (χ0) is 19.8. The molecule has 1 N–H and O–H groups in total. The van der Waals surface area contributed by atoms with E-state index in [-0.39, 0.29) is 11.9 Å². The lowest BCUT2D eigenvalue weighted by molar-refractivity contribution is -0.121. The number of nitrogens with zero attached hydrogens (tertiary/aromatic N) is 4. The van der Waals surface area contributed by atoms with Gasteiger partial charge in [-0.15, -0.1) is 10.2 Å². The molecular formula is C21H31N5OS. The molecule has 1 aromatic carbocycles. The lowest BCUT2D eigenvalue weighted by Crippen LogP contribution is -2.30. The summed E-state index contributed by atoms with van der Waals surface area (Å²) >= 11 is 1.90. The molecule has 1 amide bonds. The highest BCUT2D eigenvalue weighted by molar-refractivity contribution is 7.98. The fourth-order valence-corrected chi connectivity index (χ4v) is 4.06. The Morgan fingerprint density at radius 3 is 2.82 bits per heavy atom. The van der Waals surface area contributed by atoms with Gasteiger partial charge in [-0.25, -0.2) is 0 Å². The van der Waals surface area contributed by atoms with Crippen molar-refractivity contribution in [2.24, 2.45) is 0 Å². The number of aryl methyl sites for hydroxylation is 1. The fourth-order valence-electron chi connectivity index (χ4n) is 3.65. The van der Waals surface area contributed by atoms with Gasteiger partial charge in [0.2, 0.25) is 5.91 Å². The Bertz CT molecular complexity index is 749. The maximum atomic E-state index is 12.4. The van der Waals surface area contributed by atoms with Crippen molar-refractivity contribution in [2.75, 3.05) is 31.6 Å². The van der Waals surface area contributed by atoms with Gasteiger partial charge in [-0.05, 0) is 43.9 Å². The summed E-state index contributed by atoms with van der Waals surface area (Å²) in [5.74, 6) is 3.17. The van der Waals surface area contributed by atoms with Gasteiger partial charge in [0.15, 0.2) is 5.82 Å². The number of hydrogen-bond acceptors (Lipinski definition) is 5. The highest BCUT2D eigenvalue weighted by atomic mass is 32.2. The summed E-state index contributed by atoms with van der Waals surface area (Å²) in [7, 11) is 0. The SMILES string of the molecule is CSCCCN1CCc2nnc(C(C)NC(=O)CCc3ccccc3)n2CC1. The first-order valence-electron chi connectivity index (χ1n) is 10.1. The summed E-state index contributed by atoms with van der Waals surface area (Å²) < 4.78 is 2.21. The zero-order valence-electron chi connectivity index (χ0n) is 16.9. The van der Waals surface area contributed by atoms with Gasteiger partial charge in [0.25, 0.3) is 0 Å². The van der Waals surface area contributed by atoms with Crippen molar-refractivity contribution in [3.8, 4) is 0 Å². The molecule has 1 aliphatic rings. The number of hydrogen-bond donors (Lipinski definition) is 1. The number of aromatic nitrogens is 3. The van der Waals surface area contributed by atoms with Crippen molar-refractivity contribution < 1.29 is 4.79 Å². The Kier molecular flexibility index (Phi) is 7.91. The van der Waals surface area contributed by atoms with Gasteiger partial charge in [-0.3, -0.25) is 4.79 Å². The monoisotopic (exact) mass is 401 g/mol. The number of fused-ring (bicyclic) bond motifs is 1. The van der Waals surface area contributed by atoms with E-state index in [1.54, 1.807) is 0 Å². The summed E-state index contributed by atoms with van der Waals surface area (Å²) in [6, 6.07) is 9.98. The van der Waals surface area contributed by atoms with Gasteiger partial charge >= 0.3 is 0 Å². The lowest BCUT2D eigenvalue weighted by atomic mass is 10.1. The van der Waals surface area contributed by atoms with Crippen molar-refractivity contribution in [1.29, 1.82) is 0 Å². The van der Waals surface area contributed by atoms with Crippen LogP contribution in [0.5, 0.6) is 0 Å². The number of nitrogens with one attached hydrogen (secondary N) is 1. The Morgan fingerprint density at radius 1 is 1.21 bits per heavy atom. The first-order valence-corrected chi connectivity index (χ1v) is 11.5. The minimum absolute atomic E-state index is 0.0565. The van der Waals surface area contributed by atoms with Crippen molar-refractivity contribution >= 4 is 17.7 Å². The minimum Gasteiger partial charge on any atom is -0.346 e. The fraction of sp³-hybridized carbons (Fsp3) is 0.571. The third-order valence-corrected chi connectivity index (χ3v) is 5.92. The van der Waals surface area contributed by atoms with Crippen molar-refractivity contribution in [3.63, 3.8) is 0 Å². The molecule has 0 bridgehead atoms. The maximum Gasteiger partial charge on any atom is 0.220 e. The molecule has 1 aliphatic heterocycles. The van der Waals surface area contributed by atoms with Crippen LogP contribution in [0, 0.1) is 0 Å². The molecule has 0 saturated heterocycles. The molecule has 7 heteroatoms. The van der Waals surface area contributed by atoms with E-state index in [1.165, 1.54) is 17.7 Å². The Balaban J connectivity index is 1.52. The molecule has 2 heterocycles. The highest BCUT2D eigenvalue weighted by Crippen LogP contribution is 2.16. The summed E-state index contributed by atoms with van der Waals surface area (Å²) in [5, 5.41) is 11.9. The van der Waals surface area contributed by atoms with Gasteiger partial charge in [0.05, 0.1) is 6.04 Å². The van der Waals surface area contributed by atoms with Crippen LogP contribution in [0.1, 0.15) is 43.0 Å². The van der Waals surface area contributed by atoms with Crippen LogP contribution < -0.4 is 5.32 Å². The summed E-state index contributed by atoms with van der Waals surface area (Å²) in [4.78, 5) is 14.9. The number of amides is 1. The van der Waals surface area contributed by atoms with Crippen LogP contribution in [0.4, 0.5) is 0 Å². The topological polar surface area (TPSA) is 63.1 Å². The average Bonchev–Trinajstić information content (AvgIpc) is 3.01. The van der Waals surface area contributed by atoms with E-state index in [9.17, 15) is 4.79 Å². The van der Waals surface area contributed by atoms with Gasteiger partial charge in [0.1, 0.15) is 5.82 Å². The summed E-state index contributed by atoms with van der Waals surface area (Å²) in [6.07, 6.45) is 5.54. The third kappa shape index (κ3) is 5.82. The van der Waals surface area contributed by atoms with Crippen molar-refractivity contribution in [3.05, 3.63) is 47.5 Å². The molecule has 1 unspecified atom stereocenters. The number of thioether (sulfide) groups is 1. The van der Waals surface area contributed by atoms with Crippen LogP contribution in [-0.2, 0) is 24.2 Å². The molecule has 0 fully saturated rings. The molecule has 0 spiro atoms. The molecule has 1 atom stereocenters. The third-order valence-electron chi connectivity index (χ3n) is 5.22. The van der Waals surface area contributed by atoms with E-state index in [2.05, 4.69) is 43.4 Å². The standard InChI is InChI=1S/C21H31N5OS/c1-17(22-20(27)10-9-18-7-4-3-5-8-18)21-24-23-19-11-13-25(12-6-16-28-2)14-15-26(19)21/h3-5,7-8,17H,6,9-16H2,1-2H3,(H,22,27). The van der Waals surface area contributed by atoms with Crippen LogP contribution in [0.25, 0.3) is 0 Å². The summed E-state index contributed by atoms with van der Waals surface area (Å²) in [5.41, 5.74) is 1.18. The van der Waals surface area contributed by atoms with E-state index < -0.39 is 0 Å². The molecule has 6 nitrogen and oxygen atoms in total. The molecule has 2 aromatic rings. The lowest BCUT2D eigenvalue weighted by Gasteiger charge is -2.19. The van der Waals surface area contributed by atoms with Crippen LogP contribution in [-0.4, -0.2) is 57.2 Å². The first kappa shape index (κ1) is 20.9. The summed E-state index contributed by atoms with van der Waals surface area (Å²) in [6.45, 7) is 6.08. The molecule has 0 saturated carbocycles. The van der Waals surface area contributed by atoms with Crippen LogP contribution in [0.15, 0.2) is 30.3 Å². The minimum atomic E-state index is -0.132. The first-order chi connectivity index (χ1) is 13.7. The average molecular weight is 402 g/mol. The maximum absolute atomic E-state index is 12.4. The Hall–Kier alpha value is -1.86. The van der Waals surface area contributed by atoms with E-state index in [0.29, 0.717) is 6.42 Å².